The fourth-order valence-electron chi connectivity index (χ4n) is 4.11. The highest BCUT2D eigenvalue weighted by Crippen LogP contribution is 2.39. The van der Waals surface area contributed by atoms with Gasteiger partial charge in [0.25, 0.3) is 0 Å². The third-order valence-electron chi connectivity index (χ3n) is 5.37. The lowest BCUT2D eigenvalue weighted by Crippen LogP contribution is -2.40. The van der Waals surface area contributed by atoms with Crippen molar-refractivity contribution in [3.8, 4) is 23.0 Å². The predicted molar refractivity (Wildman–Crippen MR) is 120 cm³/mol. The molecule has 0 saturated heterocycles. The Kier molecular flexibility index (Phi) is 4.91. The molecule has 5 rings (SSSR count). The van der Waals surface area contributed by atoms with Crippen LogP contribution in [-0.2, 0) is 0 Å². The van der Waals surface area contributed by atoms with Crippen molar-refractivity contribution in [3.63, 3.8) is 0 Å². The van der Waals surface area contributed by atoms with E-state index in [1.807, 2.05) is 27.5 Å². The van der Waals surface area contributed by atoms with Crippen molar-refractivity contribution in [1.29, 1.82) is 0 Å². The Labute approximate surface area is 189 Å². The van der Waals surface area contributed by atoms with Gasteiger partial charge in [0.2, 0.25) is 5.95 Å². The lowest BCUT2D eigenvalue weighted by atomic mass is 10.1. The second kappa shape index (κ2) is 7.62. The minimum atomic E-state index is 0.0757. The summed E-state index contributed by atoms with van der Waals surface area (Å²) < 4.78 is 3.81. The number of imidazole rings is 1. The van der Waals surface area contributed by atoms with Crippen molar-refractivity contribution >= 4 is 29.0 Å². The third kappa shape index (κ3) is 3.26. The van der Waals surface area contributed by atoms with Gasteiger partial charge >= 0.3 is 0 Å². The maximum atomic E-state index is 6.21. The first kappa shape index (κ1) is 20.0. The largest absolute Gasteiger partial charge is 0.342 e. The molecule has 8 nitrogen and oxygen atoms in total. The van der Waals surface area contributed by atoms with Gasteiger partial charge in [-0.1, -0.05) is 30.1 Å². The van der Waals surface area contributed by atoms with E-state index in [9.17, 15) is 0 Å². The maximum Gasteiger partial charge on any atom is 0.237 e. The summed E-state index contributed by atoms with van der Waals surface area (Å²) in [5.74, 6) is 2.91. The maximum absolute atomic E-state index is 6.21. The fourth-order valence-corrected chi connectivity index (χ4v) is 4.63. The quantitative estimate of drug-likeness (QED) is 0.436. The van der Waals surface area contributed by atoms with E-state index < -0.39 is 0 Å². The fraction of sp³-hybridized carbons (Fsp3) is 0.286. The third-order valence-corrected chi connectivity index (χ3v) is 5.81. The summed E-state index contributed by atoms with van der Waals surface area (Å²) in [6, 6.07) is 5.62. The molecule has 0 amide bonds. The molecule has 158 valence electrons. The van der Waals surface area contributed by atoms with Crippen LogP contribution >= 0.6 is 23.2 Å². The van der Waals surface area contributed by atoms with Crippen molar-refractivity contribution in [1.82, 2.24) is 34.3 Å². The van der Waals surface area contributed by atoms with Gasteiger partial charge in [-0.15, -0.1) is 10.2 Å². The van der Waals surface area contributed by atoms with Gasteiger partial charge in [-0.25, -0.2) is 9.97 Å². The summed E-state index contributed by atoms with van der Waals surface area (Å²) in [6.07, 6.45) is 7.94. The van der Waals surface area contributed by atoms with Crippen molar-refractivity contribution in [2.45, 2.75) is 39.3 Å². The zero-order valence-corrected chi connectivity index (χ0v) is 18.7. The van der Waals surface area contributed by atoms with E-state index in [-0.39, 0.29) is 12.1 Å². The Morgan fingerprint density at radius 1 is 1.06 bits per heavy atom. The molecule has 0 N–H and O–H groups in total. The Bertz CT molecular complexity index is 1240. The lowest BCUT2D eigenvalue weighted by Gasteiger charge is -2.39. The average molecular weight is 455 g/mol. The van der Waals surface area contributed by atoms with Crippen LogP contribution < -0.4 is 4.90 Å². The number of rotatable bonds is 4. The molecule has 1 atom stereocenters. The Morgan fingerprint density at radius 2 is 1.84 bits per heavy atom. The van der Waals surface area contributed by atoms with Crippen LogP contribution in [0.25, 0.3) is 23.0 Å². The summed E-state index contributed by atoms with van der Waals surface area (Å²) in [4.78, 5) is 16.4. The van der Waals surface area contributed by atoms with Crippen LogP contribution in [0.1, 0.15) is 39.1 Å². The van der Waals surface area contributed by atoms with Crippen molar-refractivity contribution in [2.75, 3.05) is 4.90 Å². The first-order chi connectivity index (χ1) is 15.0. The summed E-state index contributed by atoms with van der Waals surface area (Å²) in [5, 5.41) is 9.57. The molecule has 0 saturated carbocycles. The molecule has 4 heterocycles. The predicted octanol–water partition coefficient (Wildman–Crippen LogP) is 4.90. The minimum Gasteiger partial charge on any atom is -0.342 e. The van der Waals surface area contributed by atoms with Crippen molar-refractivity contribution < 1.29 is 0 Å². The molecular weight excluding hydrogens is 435 g/mol. The standard InChI is InChI=1S/C21H20Cl2N8/c1-4-16-20-28-26-11-30(20)17-10-25-21(27-19(17)31(16)12(2)3)29-6-5-24-18(29)13-7-14(22)9-15(23)8-13/h5-12,16H,4H2,1-3H3/t16-/m1/s1. The molecule has 4 aromatic rings. The minimum absolute atomic E-state index is 0.0757. The number of fused-ring (bicyclic) bond motifs is 3. The van der Waals surface area contributed by atoms with E-state index in [0.717, 1.165) is 29.3 Å². The van der Waals surface area contributed by atoms with E-state index in [1.165, 1.54) is 0 Å². The van der Waals surface area contributed by atoms with Crippen LogP contribution in [0.3, 0.4) is 0 Å². The number of halogens is 2. The number of hydrogen-bond donors (Lipinski definition) is 0. The molecular formula is C21H20Cl2N8. The molecule has 0 aliphatic carbocycles. The molecule has 31 heavy (non-hydrogen) atoms. The zero-order valence-electron chi connectivity index (χ0n) is 17.2. The monoisotopic (exact) mass is 454 g/mol. The topological polar surface area (TPSA) is 77.5 Å². The summed E-state index contributed by atoms with van der Waals surface area (Å²) >= 11 is 12.4. The SMILES string of the molecule is CC[C@@H]1c2nncn2-c2cnc(-n3ccnc3-c3cc(Cl)cc(Cl)c3)nc2N1C(C)C. The zero-order chi connectivity index (χ0) is 21.7. The van der Waals surface area contributed by atoms with Gasteiger partial charge in [-0.3, -0.25) is 9.13 Å². The number of aromatic nitrogens is 7. The van der Waals surface area contributed by atoms with Crippen molar-refractivity contribution in [2.24, 2.45) is 0 Å². The van der Waals surface area contributed by atoms with E-state index in [2.05, 4.69) is 45.8 Å². The van der Waals surface area contributed by atoms with Crippen molar-refractivity contribution in [3.05, 3.63) is 59.0 Å². The van der Waals surface area contributed by atoms with Crippen LogP contribution in [0, 0.1) is 0 Å². The molecule has 0 bridgehead atoms. The normalized spacial score (nSPS) is 15.3. The first-order valence-corrected chi connectivity index (χ1v) is 10.8. The number of hydrogen-bond acceptors (Lipinski definition) is 6. The highest BCUT2D eigenvalue weighted by molar-refractivity contribution is 6.35. The molecule has 0 unspecified atom stereocenters. The second-order valence-corrected chi connectivity index (χ2v) is 8.51. The highest BCUT2D eigenvalue weighted by atomic mass is 35.5. The highest BCUT2D eigenvalue weighted by Gasteiger charge is 2.35. The smallest absolute Gasteiger partial charge is 0.237 e. The van der Waals surface area contributed by atoms with Gasteiger partial charge in [-0.2, -0.15) is 4.98 Å². The van der Waals surface area contributed by atoms with Crippen LogP contribution in [0.2, 0.25) is 10.0 Å². The van der Waals surface area contributed by atoms with E-state index in [4.69, 9.17) is 28.2 Å². The second-order valence-electron chi connectivity index (χ2n) is 7.64. The van der Waals surface area contributed by atoms with Gasteiger partial charge in [0.1, 0.15) is 17.8 Å². The Balaban J connectivity index is 1.67. The summed E-state index contributed by atoms with van der Waals surface area (Å²) in [5.41, 5.74) is 1.65. The molecule has 0 spiro atoms. The molecule has 1 aliphatic rings. The molecule has 10 heteroatoms. The van der Waals surface area contributed by atoms with Gasteiger partial charge in [0.15, 0.2) is 11.6 Å². The van der Waals surface area contributed by atoms with E-state index >= 15 is 0 Å². The van der Waals surface area contributed by atoms with Gasteiger partial charge in [-0.05, 0) is 38.5 Å². The van der Waals surface area contributed by atoms with Crippen LogP contribution in [-0.4, -0.2) is 40.3 Å². The van der Waals surface area contributed by atoms with Crippen LogP contribution in [0.5, 0.6) is 0 Å². The van der Waals surface area contributed by atoms with E-state index in [0.29, 0.717) is 21.8 Å². The number of benzene rings is 1. The first-order valence-electron chi connectivity index (χ1n) is 10.0. The number of anilines is 1. The lowest BCUT2D eigenvalue weighted by molar-refractivity contribution is 0.497. The van der Waals surface area contributed by atoms with Crippen LogP contribution in [0.4, 0.5) is 5.82 Å². The average Bonchev–Trinajstić information content (AvgIpc) is 3.41. The number of nitrogens with zero attached hydrogens (tertiary/aromatic N) is 8. The molecule has 0 fully saturated rings. The van der Waals surface area contributed by atoms with Gasteiger partial charge in [0, 0.05) is 34.0 Å². The van der Waals surface area contributed by atoms with Gasteiger partial charge in [0.05, 0.1) is 12.2 Å². The Morgan fingerprint density at radius 3 is 2.55 bits per heavy atom. The van der Waals surface area contributed by atoms with Crippen LogP contribution in [0.15, 0.2) is 43.1 Å². The molecule has 1 aliphatic heterocycles. The van der Waals surface area contributed by atoms with E-state index in [1.54, 1.807) is 24.8 Å². The Hall–Kier alpha value is -2.97. The molecule has 0 radical (unpaired) electrons. The summed E-state index contributed by atoms with van der Waals surface area (Å²) in [7, 11) is 0. The molecule has 3 aromatic heterocycles. The summed E-state index contributed by atoms with van der Waals surface area (Å²) in [6.45, 7) is 6.44. The molecule has 1 aromatic carbocycles. The van der Waals surface area contributed by atoms with Gasteiger partial charge < -0.3 is 4.90 Å².